The summed E-state index contributed by atoms with van der Waals surface area (Å²) in [6.45, 7) is 0. The Labute approximate surface area is 196 Å². The molecule has 4 rings (SSSR count). The van der Waals surface area contributed by atoms with E-state index in [4.69, 9.17) is 0 Å². The van der Waals surface area contributed by atoms with Gasteiger partial charge in [-0.2, -0.15) is 24.9 Å². The van der Waals surface area contributed by atoms with E-state index < -0.39 is 11.7 Å². The van der Waals surface area contributed by atoms with Crippen LogP contribution in [-0.2, 0) is 17.4 Å². The SMILES string of the molecule is CSCCC(NC(=O)Cc1csc(-c2ccc(C(F)(F)F)cc2)n1)c1nc2ccccc2[nH]1. The van der Waals surface area contributed by atoms with Crippen molar-refractivity contribution < 1.29 is 18.0 Å². The maximum Gasteiger partial charge on any atom is 0.416 e. The minimum atomic E-state index is -4.38. The predicted molar refractivity (Wildman–Crippen MR) is 126 cm³/mol. The van der Waals surface area contributed by atoms with Gasteiger partial charge in [0.25, 0.3) is 0 Å². The Kier molecular flexibility index (Phi) is 7.04. The first kappa shape index (κ1) is 23.3. The van der Waals surface area contributed by atoms with Crippen LogP contribution in [0.2, 0.25) is 0 Å². The Morgan fingerprint density at radius 2 is 1.91 bits per heavy atom. The van der Waals surface area contributed by atoms with Crippen molar-refractivity contribution >= 4 is 40.0 Å². The Morgan fingerprint density at radius 3 is 2.61 bits per heavy atom. The number of rotatable bonds is 8. The molecule has 4 aromatic rings. The highest BCUT2D eigenvalue weighted by Crippen LogP contribution is 2.32. The van der Waals surface area contributed by atoms with E-state index >= 15 is 0 Å². The second kappa shape index (κ2) is 9.96. The molecule has 2 heterocycles. The molecular weight excluding hydrogens is 469 g/mol. The van der Waals surface area contributed by atoms with Crippen molar-refractivity contribution in [2.75, 3.05) is 12.0 Å². The fraction of sp³-hybridized carbons (Fsp3) is 0.261. The fourth-order valence-electron chi connectivity index (χ4n) is 3.38. The zero-order chi connectivity index (χ0) is 23.4. The van der Waals surface area contributed by atoms with Gasteiger partial charge >= 0.3 is 6.18 Å². The highest BCUT2D eigenvalue weighted by Gasteiger charge is 2.30. The first-order valence-electron chi connectivity index (χ1n) is 10.2. The minimum absolute atomic E-state index is 0.0765. The molecule has 2 aromatic carbocycles. The zero-order valence-corrected chi connectivity index (χ0v) is 19.3. The maximum absolute atomic E-state index is 12.8. The standard InChI is InChI=1S/C23H21F3N4OS2/c1-32-11-10-19(21-29-17-4-2-3-5-18(17)30-21)28-20(31)12-16-13-33-22(27-16)14-6-8-15(9-7-14)23(24,25)26/h2-9,13,19H,10-12H2,1H3,(H,28,31)(H,29,30). The monoisotopic (exact) mass is 490 g/mol. The van der Waals surface area contributed by atoms with E-state index in [-0.39, 0.29) is 18.4 Å². The number of hydrogen-bond acceptors (Lipinski definition) is 5. The maximum atomic E-state index is 12.8. The number of carbonyl (C=O) groups is 1. The lowest BCUT2D eigenvalue weighted by molar-refractivity contribution is -0.137. The third-order valence-corrected chi connectivity index (χ3v) is 6.62. The van der Waals surface area contributed by atoms with E-state index in [1.54, 1.807) is 17.1 Å². The van der Waals surface area contributed by atoms with Crippen LogP contribution in [0.5, 0.6) is 0 Å². The highest BCUT2D eigenvalue weighted by atomic mass is 32.2. The predicted octanol–water partition coefficient (Wildman–Crippen LogP) is 5.86. The fourth-order valence-corrected chi connectivity index (χ4v) is 4.68. The second-order valence-corrected chi connectivity index (χ2v) is 9.28. The molecular formula is C23H21F3N4OS2. The Bertz CT molecular complexity index is 1200. The van der Waals surface area contributed by atoms with Gasteiger partial charge in [0.15, 0.2) is 0 Å². The molecule has 2 N–H and O–H groups in total. The molecule has 10 heteroatoms. The number of nitrogens with zero attached hydrogens (tertiary/aromatic N) is 2. The lowest BCUT2D eigenvalue weighted by Crippen LogP contribution is -2.31. The van der Waals surface area contributed by atoms with Gasteiger partial charge in [-0.1, -0.05) is 24.3 Å². The third-order valence-electron chi connectivity index (χ3n) is 5.04. The van der Waals surface area contributed by atoms with Gasteiger partial charge in [0.1, 0.15) is 10.8 Å². The van der Waals surface area contributed by atoms with Gasteiger partial charge in [-0.15, -0.1) is 11.3 Å². The van der Waals surface area contributed by atoms with E-state index in [1.165, 1.54) is 23.5 Å². The summed E-state index contributed by atoms with van der Waals surface area (Å²) in [7, 11) is 0. The van der Waals surface area contributed by atoms with Crippen LogP contribution in [0.3, 0.4) is 0 Å². The number of nitrogens with one attached hydrogen (secondary N) is 2. The molecule has 0 spiro atoms. The molecule has 172 valence electrons. The smallest absolute Gasteiger partial charge is 0.346 e. The molecule has 0 aliphatic rings. The number of imidazole rings is 1. The van der Waals surface area contributed by atoms with Gasteiger partial charge in [-0.3, -0.25) is 4.79 Å². The summed E-state index contributed by atoms with van der Waals surface area (Å²) in [6.07, 6.45) is -1.57. The van der Waals surface area contributed by atoms with Crippen molar-refractivity contribution in [1.29, 1.82) is 0 Å². The number of alkyl halides is 3. The number of fused-ring (bicyclic) bond motifs is 1. The number of halogens is 3. The number of carbonyl (C=O) groups excluding carboxylic acids is 1. The van der Waals surface area contributed by atoms with E-state index in [9.17, 15) is 18.0 Å². The number of aromatic amines is 1. The summed E-state index contributed by atoms with van der Waals surface area (Å²) in [5, 5.41) is 5.37. The van der Waals surface area contributed by atoms with Crippen molar-refractivity contribution in [3.05, 3.63) is 71.0 Å². The lowest BCUT2D eigenvalue weighted by Gasteiger charge is -2.16. The van der Waals surface area contributed by atoms with E-state index in [2.05, 4.69) is 20.3 Å². The van der Waals surface area contributed by atoms with Crippen LogP contribution in [0.25, 0.3) is 21.6 Å². The molecule has 1 atom stereocenters. The largest absolute Gasteiger partial charge is 0.416 e. The van der Waals surface area contributed by atoms with E-state index in [0.29, 0.717) is 22.1 Å². The van der Waals surface area contributed by atoms with Crippen LogP contribution in [0, 0.1) is 0 Å². The number of benzene rings is 2. The van der Waals surface area contributed by atoms with Crippen LogP contribution in [0.1, 0.15) is 29.5 Å². The molecule has 5 nitrogen and oxygen atoms in total. The molecule has 33 heavy (non-hydrogen) atoms. The summed E-state index contributed by atoms with van der Waals surface area (Å²) >= 11 is 2.99. The molecule has 1 amide bonds. The highest BCUT2D eigenvalue weighted by molar-refractivity contribution is 7.98. The van der Waals surface area contributed by atoms with Crippen molar-refractivity contribution in [2.45, 2.75) is 25.1 Å². The van der Waals surface area contributed by atoms with Gasteiger partial charge in [-0.05, 0) is 42.7 Å². The second-order valence-electron chi connectivity index (χ2n) is 7.44. The van der Waals surface area contributed by atoms with Crippen LogP contribution in [-0.4, -0.2) is 32.9 Å². The van der Waals surface area contributed by atoms with E-state index in [1.807, 2.05) is 30.5 Å². The van der Waals surface area contributed by atoms with Gasteiger partial charge in [-0.25, -0.2) is 9.97 Å². The van der Waals surface area contributed by atoms with Crippen molar-refractivity contribution in [3.63, 3.8) is 0 Å². The molecule has 0 radical (unpaired) electrons. The van der Waals surface area contributed by atoms with Crippen LogP contribution in [0.4, 0.5) is 13.2 Å². The zero-order valence-electron chi connectivity index (χ0n) is 17.6. The average Bonchev–Trinajstić information content (AvgIpc) is 3.43. The third kappa shape index (κ3) is 5.75. The molecule has 0 saturated carbocycles. The number of aromatic nitrogens is 3. The summed E-state index contributed by atoms with van der Waals surface area (Å²) < 4.78 is 38.3. The topological polar surface area (TPSA) is 70.7 Å². The van der Waals surface area contributed by atoms with Crippen LogP contribution in [0.15, 0.2) is 53.9 Å². The number of hydrogen-bond donors (Lipinski definition) is 2. The molecule has 0 aliphatic heterocycles. The Balaban J connectivity index is 1.44. The molecule has 0 fully saturated rings. The number of H-pyrrole nitrogens is 1. The van der Waals surface area contributed by atoms with Crippen LogP contribution >= 0.6 is 23.1 Å². The quantitative estimate of drug-likeness (QED) is 0.325. The molecule has 2 aromatic heterocycles. The first-order valence-corrected chi connectivity index (χ1v) is 12.5. The molecule has 0 bridgehead atoms. The normalized spacial score (nSPS) is 12.7. The summed E-state index contributed by atoms with van der Waals surface area (Å²) in [5.41, 5.74) is 2.21. The van der Waals surface area contributed by atoms with Crippen molar-refractivity contribution in [3.8, 4) is 10.6 Å². The number of thioether (sulfide) groups is 1. The van der Waals surface area contributed by atoms with Crippen LogP contribution < -0.4 is 5.32 Å². The number of para-hydroxylation sites is 2. The van der Waals surface area contributed by atoms with Gasteiger partial charge in [0.05, 0.1) is 34.8 Å². The Morgan fingerprint density at radius 1 is 1.15 bits per heavy atom. The molecule has 0 saturated heterocycles. The van der Waals surface area contributed by atoms with Gasteiger partial charge in [0, 0.05) is 10.9 Å². The lowest BCUT2D eigenvalue weighted by atomic mass is 10.1. The number of thiazole rings is 1. The average molecular weight is 491 g/mol. The summed E-state index contributed by atoms with van der Waals surface area (Å²) in [5.74, 6) is 1.38. The van der Waals surface area contributed by atoms with Crippen molar-refractivity contribution in [1.82, 2.24) is 20.3 Å². The van der Waals surface area contributed by atoms with Gasteiger partial charge in [0.2, 0.25) is 5.91 Å². The minimum Gasteiger partial charge on any atom is -0.346 e. The first-order chi connectivity index (χ1) is 15.8. The Hall–Kier alpha value is -2.85. The van der Waals surface area contributed by atoms with Crippen molar-refractivity contribution in [2.24, 2.45) is 0 Å². The summed E-state index contributed by atoms with van der Waals surface area (Å²) in [6, 6.07) is 12.3. The molecule has 1 unspecified atom stereocenters. The number of amides is 1. The van der Waals surface area contributed by atoms with Gasteiger partial charge < -0.3 is 10.3 Å². The van der Waals surface area contributed by atoms with E-state index in [0.717, 1.165) is 35.3 Å². The molecule has 0 aliphatic carbocycles. The summed E-state index contributed by atoms with van der Waals surface area (Å²) in [4.78, 5) is 25.1.